The zero-order valence-electron chi connectivity index (χ0n) is 12.5. The van der Waals surface area contributed by atoms with Gasteiger partial charge < -0.3 is 10.2 Å². The van der Waals surface area contributed by atoms with Gasteiger partial charge in [0.2, 0.25) is 5.91 Å². The second-order valence-electron chi connectivity index (χ2n) is 5.97. The highest BCUT2D eigenvalue weighted by Crippen LogP contribution is 2.27. The highest BCUT2D eigenvalue weighted by Gasteiger charge is 2.34. The largest absolute Gasteiger partial charge is 0.340 e. The lowest BCUT2D eigenvalue weighted by atomic mass is 10.0. The van der Waals surface area contributed by atoms with Crippen LogP contribution in [-0.2, 0) is 4.79 Å². The standard InChI is InChI=1S/C16H22N2O2/c1-10(2)9-13-16(20)18(11(3)4)14-8-6-5-7-12(14)15(19)17-13/h5-8,10-11,13H,9H2,1-4H3,(H,17,19). The first-order chi connectivity index (χ1) is 9.41. The van der Waals surface area contributed by atoms with Crippen molar-refractivity contribution in [2.45, 2.75) is 46.2 Å². The Morgan fingerprint density at radius 2 is 1.80 bits per heavy atom. The van der Waals surface area contributed by atoms with E-state index in [2.05, 4.69) is 19.2 Å². The Kier molecular flexibility index (Phi) is 4.12. The van der Waals surface area contributed by atoms with Crippen LogP contribution in [0.4, 0.5) is 5.69 Å². The lowest BCUT2D eigenvalue weighted by Gasteiger charge is -2.29. The summed E-state index contributed by atoms with van der Waals surface area (Å²) in [5.41, 5.74) is 1.28. The molecule has 0 spiro atoms. The summed E-state index contributed by atoms with van der Waals surface area (Å²) in [6.45, 7) is 8.04. The zero-order chi connectivity index (χ0) is 14.9. The number of carbonyl (C=O) groups is 2. The molecule has 0 bridgehead atoms. The molecule has 1 aliphatic rings. The summed E-state index contributed by atoms with van der Waals surface area (Å²) < 4.78 is 0. The third kappa shape index (κ3) is 2.69. The van der Waals surface area contributed by atoms with E-state index in [0.29, 0.717) is 23.6 Å². The molecule has 4 heteroatoms. The van der Waals surface area contributed by atoms with Crippen molar-refractivity contribution >= 4 is 17.5 Å². The van der Waals surface area contributed by atoms with Gasteiger partial charge in [0, 0.05) is 6.04 Å². The Labute approximate surface area is 120 Å². The number of carbonyl (C=O) groups excluding carboxylic acids is 2. The molecule has 1 N–H and O–H groups in total. The molecule has 0 saturated carbocycles. The summed E-state index contributed by atoms with van der Waals surface area (Å²) in [7, 11) is 0. The second kappa shape index (κ2) is 5.65. The maximum atomic E-state index is 12.7. The normalized spacial score (nSPS) is 19.1. The zero-order valence-corrected chi connectivity index (χ0v) is 12.5. The van der Waals surface area contributed by atoms with Gasteiger partial charge >= 0.3 is 0 Å². The van der Waals surface area contributed by atoms with E-state index in [-0.39, 0.29) is 17.9 Å². The summed E-state index contributed by atoms with van der Waals surface area (Å²) in [6, 6.07) is 6.86. The number of fused-ring (bicyclic) bond motifs is 1. The van der Waals surface area contributed by atoms with Crippen LogP contribution in [0.1, 0.15) is 44.5 Å². The molecule has 0 fully saturated rings. The molecular formula is C16H22N2O2. The molecule has 2 amide bonds. The average molecular weight is 274 g/mol. The van der Waals surface area contributed by atoms with E-state index in [0.717, 1.165) is 0 Å². The number of rotatable bonds is 3. The van der Waals surface area contributed by atoms with E-state index in [4.69, 9.17) is 0 Å². The van der Waals surface area contributed by atoms with Gasteiger partial charge in [-0.05, 0) is 38.3 Å². The van der Waals surface area contributed by atoms with E-state index < -0.39 is 6.04 Å². The van der Waals surface area contributed by atoms with E-state index >= 15 is 0 Å². The Bertz CT molecular complexity index is 523. The first-order valence-electron chi connectivity index (χ1n) is 7.14. The van der Waals surface area contributed by atoms with Crippen molar-refractivity contribution in [3.63, 3.8) is 0 Å². The number of nitrogens with zero attached hydrogens (tertiary/aromatic N) is 1. The highest BCUT2D eigenvalue weighted by atomic mass is 16.2. The Morgan fingerprint density at radius 1 is 1.15 bits per heavy atom. The molecule has 0 radical (unpaired) electrons. The van der Waals surface area contributed by atoms with Crippen molar-refractivity contribution in [3.05, 3.63) is 29.8 Å². The van der Waals surface area contributed by atoms with Crippen molar-refractivity contribution in [3.8, 4) is 0 Å². The van der Waals surface area contributed by atoms with Crippen molar-refractivity contribution in [2.24, 2.45) is 5.92 Å². The minimum absolute atomic E-state index is 0.0195. The molecular weight excluding hydrogens is 252 g/mol. The van der Waals surface area contributed by atoms with Crippen LogP contribution < -0.4 is 10.2 Å². The van der Waals surface area contributed by atoms with Gasteiger partial charge in [0.25, 0.3) is 5.91 Å². The molecule has 1 atom stereocenters. The van der Waals surface area contributed by atoms with Gasteiger partial charge in [-0.25, -0.2) is 0 Å². The van der Waals surface area contributed by atoms with E-state index in [9.17, 15) is 9.59 Å². The number of anilines is 1. The van der Waals surface area contributed by atoms with Crippen LogP contribution in [0, 0.1) is 5.92 Å². The average Bonchev–Trinajstić information content (AvgIpc) is 2.46. The van der Waals surface area contributed by atoms with Gasteiger partial charge in [-0.2, -0.15) is 0 Å². The van der Waals surface area contributed by atoms with Crippen LogP contribution in [0.2, 0.25) is 0 Å². The number of nitrogens with one attached hydrogen (secondary N) is 1. The summed E-state index contributed by atoms with van der Waals surface area (Å²) in [4.78, 5) is 26.8. The maximum absolute atomic E-state index is 12.7. The molecule has 1 heterocycles. The van der Waals surface area contributed by atoms with Crippen LogP contribution >= 0.6 is 0 Å². The lowest BCUT2D eigenvalue weighted by molar-refractivity contribution is -0.121. The van der Waals surface area contributed by atoms with Crippen molar-refractivity contribution < 1.29 is 9.59 Å². The molecule has 1 aromatic carbocycles. The molecule has 1 aromatic rings. The lowest BCUT2D eigenvalue weighted by Crippen LogP contribution is -2.48. The molecule has 0 aliphatic carbocycles. The third-order valence-corrected chi connectivity index (χ3v) is 3.47. The van der Waals surface area contributed by atoms with E-state index in [1.165, 1.54) is 0 Å². The molecule has 2 rings (SSSR count). The Balaban J connectivity index is 2.48. The molecule has 0 saturated heterocycles. The van der Waals surface area contributed by atoms with E-state index in [1.54, 1.807) is 11.0 Å². The number of hydrogen-bond acceptors (Lipinski definition) is 2. The van der Waals surface area contributed by atoms with Gasteiger partial charge in [0.15, 0.2) is 0 Å². The van der Waals surface area contributed by atoms with Gasteiger partial charge in [-0.3, -0.25) is 9.59 Å². The van der Waals surface area contributed by atoms with Gasteiger partial charge in [0.1, 0.15) is 6.04 Å². The maximum Gasteiger partial charge on any atom is 0.254 e. The van der Waals surface area contributed by atoms with Crippen LogP contribution in [0.5, 0.6) is 0 Å². The number of benzene rings is 1. The Hall–Kier alpha value is -1.84. The summed E-state index contributed by atoms with van der Waals surface area (Å²) in [6.07, 6.45) is 0.655. The SMILES string of the molecule is CC(C)CC1NC(=O)c2ccccc2N(C(C)C)C1=O. The van der Waals surface area contributed by atoms with Crippen molar-refractivity contribution in [1.29, 1.82) is 0 Å². The molecule has 108 valence electrons. The number of amides is 2. The summed E-state index contributed by atoms with van der Waals surface area (Å²) in [5.74, 6) is 0.161. The predicted molar refractivity (Wildman–Crippen MR) is 79.8 cm³/mol. The topological polar surface area (TPSA) is 49.4 Å². The fraction of sp³-hybridized carbons (Fsp3) is 0.500. The van der Waals surface area contributed by atoms with Crippen molar-refractivity contribution in [2.75, 3.05) is 4.90 Å². The Morgan fingerprint density at radius 3 is 2.40 bits per heavy atom. The summed E-state index contributed by atoms with van der Waals surface area (Å²) in [5, 5.41) is 2.87. The minimum Gasteiger partial charge on any atom is -0.340 e. The van der Waals surface area contributed by atoms with Crippen LogP contribution in [-0.4, -0.2) is 23.9 Å². The third-order valence-electron chi connectivity index (χ3n) is 3.47. The fourth-order valence-electron chi connectivity index (χ4n) is 2.62. The molecule has 20 heavy (non-hydrogen) atoms. The van der Waals surface area contributed by atoms with E-state index in [1.807, 2.05) is 32.0 Å². The monoisotopic (exact) mass is 274 g/mol. The van der Waals surface area contributed by atoms with Crippen molar-refractivity contribution in [1.82, 2.24) is 5.32 Å². The smallest absolute Gasteiger partial charge is 0.254 e. The molecule has 0 aromatic heterocycles. The van der Waals surface area contributed by atoms with Gasteiger partial charge in [-0.15, -0.1) is 0 Å². The molecule has 1 aliphatic heterocycles. The number of hydrogen-bond donors (Lipinski definition) is 1. The molecule has 4 nitrogen and oxygen atoms in total. The highest BCUT2D eigenvalue weighted by molar-refractivity contribution is 6.11. The first-order valence-corrected chi connectivity index (χ1v) is 7.14. The molecule has 1 unspecified atom stereocenters. The number of para-hydroxylation sites is 1. The predicted octanol–water partition coefficient (Wildman–Crippen LogP) is 2.59. The minimum atomic E-state index is -0.447. The first kappa shape index (κ1) is 14.6. The van der Waals surface area contributed by atoms with Gasteiger partial charge in [0.05, 0.1) is 11.3 Å². The quantitative estimate of drug-likeness (QED) is 0.921. The van der Waals surface area contributed by atoms with Crippen LogP contribution in [0.15, 0.2) is 24.3 Å². The second-order valence-corrected chi connectivity index (χ2v) is 5.97. The fourth-order valence-corrected chi connectivity index (χ4v) is 2.62. The van der Waals surface area contributed by atoms with Crippen LogP contribution in [0.25, 0.3) is 0 Å². The van der Waals surface area contributed by atoms with Gasteiger partial charge in [-0.1, -0.05) is 26.0 Å². The van der Waals surface area contributed by atoms with Crippen LogP contribution in [0.3, 0.4) is 0 Å². The summed E-state index contributed by atoms with van der Waals surface area (Å²) >= 11 is 0.